The van der Waals surface area contributed by atoms with E-state index < -0.39 is 10.8 Å². The lowest BCUT2D eigenvalue weighted by molar-refractivity contribution is -0.385. The summed E-state index contributed by atoms with van der Waals surface area (Å²) in [5.74, 6) is -0.567. The molecule has 1 amide bonds. The molecular weight excluding hydrogens is 440 g/mol. The van der Waals surface area contributed by atoms with Gasteiger partial charge in [0.1, 0.15) is 0 Å². The summed E-state index contributed by atoms with van der Waals surface area (Å²) in [4.78, 5) is 40.5. The molecule has 0 aliphatic carbocycles. The van der Waals surface area contributed by atoms with Crippen LogP contribution in [0.3, 0.4) is 0 Å². The van der Waals surface area contributed by atoms with E-state index in [0.717, 1.165) is 11.1 Å². The Labute approximate surface area is 193 Å². The Balaban J connectivity index is 1.83. The average Bonchev–Trinajstić information content (AvgIpc) is 2.79. The molecule has 0 aliphatic rings. The summed E-state index contributed by atoms with van der Waals surface area (Å²) in [6.07, 6.45) is 0. The molecule has 0 spiro atoms. The fraction of sp³-hybridized carbons (Fsp3) is 0.125. The lowest BCUT2D eigenvalue weighted by atomic mass is 10.1. The van der Waals surface area contributed by atoms with Crippen LogP contribution in [0.5, 0.6) is 0 Å². The first kappa shape index (κ1) is 22.2. The van der Waals surface area contributed by atoms with Crippen molar-refractivity contribution in [2.45, 2.75) is 24.8 Å². The Morgan fingerprint density at radius 2 is 1.85 bits per heavy atom. The van der Waals surface area contributed by atoms with Gasteiger partial charge >= 0.3 is 0 Å². The van der Waals surface area contributed by atoms with Crippen LogP contribution in [0.25, 0.3) is 16.6 Å². The van der Waals surface area contributed by atoms with E-state index in [1.54, 1.807) is 24.3 Å². The predicted octanol–water partition coefficient (Wildman–Crippen LogP) is 4.30. The molecule has 0 radical (unpaired) electrons. The van der Waals surface area contributed by atoms with Crippen LogP contribution in [-0.4, -0.2) is 20.4 Å². The lowest BCUT2D eigenvalue weighted by Gasteiger charge is -2.14. The van der Waals surface area contributed by atoms with E-state index in [4.69, 9.17) is 5.73 Å². The van der Waals surface area contributed by atoms with Crippen LogP contribution in [0, 0.1) is 24.0 Å². The number of thioether (sulfide) groups is 1. The van der Waals surface area contributed by atoms with Crippen LogP contribution < -0.4 is 11.3 Å². The van der Waals surface area contributed by atoms with Crippen molar-refractivity contribution in [3.8, 4) is 5.69 Å². The summed E-state index contributed by atoms with van der Waals surface area (Å²) in [7, 11) is 0. The minimum absolute atomic E-state index is 0.0614. The third-order valence-corrected chi connectivity index (χ3v) is 6.40. The molecule has 0 saturated carbocycles. The molecule has 0 aliphatic heterocycles. The van der Waals surface area contributed by atoms with E-state index in [-0.39, 0.29) is 22.6 Å². The zero-order valence-corrected chi connectivity index (χ0v) is 18.8. The molecule has 9 heteroatoms. The number of hydrogen-bond acceptors (Lipinski definition) is 6. The number of carbonyl (C=O) groups excluding carboxylic acids is 1. The molecule has 1 aromatic heterocycles. The van der Waals surface area contributed by atoms with Gasteiger partial charge in [-0.1, -0.05) is 36.0 Å². The normalized spacial score (nSPS) is 11.0. The van der Waals surface area contributed by atoms with Crippen LogP contribution in [0.2, 0.25) is 0 Å². The van der Waals surface area contributed by atoms with Gasteiger partial charge in [0, 0.05) is 22.9 Å². The second-order valence-corrected chi connectivity index (χ2v) is 8.52. The number of amides is 1. The van der Waals surface area contributed by atoms with Crippen molar-refractivity contribution >= 4 is 34.3 Å². The van der Waals surface area contributed by atoms with Crippen LogP contribution in [0.4, 0.5) is 5.69 Å². The topological polar surface area (TPSA) is 121 Å². The van der Waals surface area contributed by atoms with Gasteiger partial charge in [-0.2, -0.15) is 0 Å². The predicted molar refractivity (Wildman–Crippen MR) is 128 cm³/mol. The number of benzene rings is 3. The van der Waals surface area contributed by atoms with Crippen molar-refractivity contribution in [1.82, 2.24) is 9.55 Å². The Hall–Kier alpha value is -3.98. The molecule has 8 nitrogen and oxygen atoms in total. The second kappa shape index (κ2) is 8.87. The van der Waals surface area contributed by atoms with Gasteiger partial charge in [0.05, 0.1) is 21.5 Å². The minimum Gasteiger partial charge on any atom is -0.366 e. The molecular formula is C24H20N4O4S. The quantitative estimate of drug-likeness (QED) is 0.198. The van der Waals surface area contributed by atoms with Crippen molar-refractivity contribution in [3.05, 3.63) is 103 Å². The van der Waals surface area contributed by atoms with Gasteiger partial charge in [0.25, 0.3) is 11.2 Å². The Morgan fingerprint density at radius 1 is 1.09 bits per heavy atom. The summed E-state index contributed by atoms with van der Waals surface area (Å²) >= 11 is 1.21. The molecule has 4 aromatic rings. The monoisotopic (exact) mass is 460 g/mol. The summed E-state index contributed by atoms with van der Waals surface area (Å²) in [5.41, 5.74) is 8.63. The van der Waals surface area contributed by atoms with Gasteiger partial charge in [-0.3, -0.25) is 24.3 Å². The minimum atomic E-state index is -0.739. The highest BCUT2D eigenvalue weighted by atomic mass is 32.2. The largest absolute Gasteiger partial charge is 0.366 e. The number of nitro benzene ring substituents is 1. The summed E-state index contributed by atoms with van der Waals surface area (Å²) in [6.45, 7) is 3.96. The second-order valence-electron chi connectivity index (χ2n) is 7.57. The molecule has 0 saturated heterocycles. The molecule has 0 fully saturated rings. The fourth-order valence-electron chi connectivity index (χ4n) is 3.45. The SMILES string of the molecule is Cc1ccc(-n2c(SCc3ccc(C(N)=O)cc3[N+](=O)[O-])nc3ccccc3c2=O)cc1C. The maximum atomic E-state index is 13.4. The number of rotatable bonds is 6. The number of nitrogens with zero attached hydrogens (tertiary/aromatic N) is 3. The Morgan fingerprint density at radius 3 is 2.55 bits per heavy atom. The molecule has 3 aromatic carbocycles. The van der Waals surface area contributed by atoms with E-state index in [9.17, 15) is 19.7 Å². The Kier molecular flexibility index (Phi) is 5.97. The van der Waals surface area contributed by atoms with Gasteiger partial charge in [-0.25, -0.2) is 4.98 Å². The number of nitro groups is 1. The van der Waals surface area contributed by atoms with E-state index in [1.807, 2.05) is 32.0 Å². The number of carbonyl (C=O) groups is 1. The van der Waals surface area contributed by atoms with Crippen LogP contribution >= 0.6 is 11.8 Å². The molecule has 1 heterocycles. The first-order valence-corrected chi connectivity index (χ1v) is 11.0. The summed E-state index contributed by atoms with van der Waals surface area (Å²) < 4.78 is 1.53. The maximum Gasteiger partial charge on any atom is 0.274 e. The number of nitrogens with two attached hydrogens (primary N) is 1. The van der Waals surface area contributed by atoms with Gasteiger partial charge in [-0.05, 0) is 55.3 Å². The van der Waals surface area contributed by atoms with Crippen LogP contribution in [-0.2, 0) is 5.75 Å². The van der Waals surface area contributed by atoms with Crippen molar-refractivity contribution in [3.63, 3.8) is 0 Å². The smallest absolute Gasteiger partial charge is 0.274 e. The summed E-state index contributed by atoms with van der Waals surface area (Å²) in [6, 6.07) is 16.9. The van der Waals surface area contributed by atoms with Crippen molar-refractivity contribution in [2.24, 2.45) is 5.73 Å². The molecule has 0 unspecified atom stereocenters. The maximum absolute atomic E-state index is 13.4. The van der Waals surface area contributed by atoms with Gasteiger partial charge in [0.15, 0.2) is 5.16 Å². The first-order chi connectivity index (χ1) is 15.8. The third kappa shape index (κ3) is 4.35. The van der Waals surface area contributed by atoms with Crippen LogP contribution in [0.15, 0.2) is 70.6 Å². The zero-order valence-electron chi connectivity index (χ0n) is 17.9. The number of primary amides is 1. The molecule has 166 valence electrons. The van der Waals surface area contributed by atoms with Crippen molar-refractivity contribution < 1.29 is 9.72 Å². The molecule has 2 N–H and O–H groups in total. The van der Waals surface area contributed by atoms with E-state index >= 15 is 0 Å². The average molecular weight is 461 g/mol. The van der Waals surface area contributed by atoms with Gasteiger partial charge < -0.3 is 5.73 Å². The standard InChI is InChI=1S/C24H20N4O4S/c1-14-7-10-18(11-15(14)2)27-23(30)19-5-3-4-6-20(19)26-24(27)33-13-17-9-8-16(22(25)29)12-21(17)28(31)32/h3-12H,13H2,1-2H3,(H2,25,29). The van der Waals surface area contributed by atoms with E-state index in [2.05, 4.69) is 4.98 Å². The highest BCUT2D eigenvalue weighted by Gasteiger charge is 2.19. The lowest BCUT2D eigenvalue weighted by Crippen LogP contribution is -2.22. The Bertz CT molecular complexity index is 1480. The third-order valence-electron chi connectivity index (χ3n) is 5.42. The number of aryl methyl sites for hydroxylation is 2. The van der Waals surface area contributed by atoms with E-state index in [0.29, 0.717) is 27.3 Å². The number of aromatic nitrogens is 2. The highest BCUT2D eigenvalue weighted by molar-refractivity contribution is 7.98. The molecule has 0 bridgehead atoms. The van der Waals surface area contributed by atoms with Gasteiger partial charge in [0.2, 0.25) is 5.91 Å². The van der Waals surface area contributed by atoms with Gasteiger partial charge in [-0.15, -0.1) is 0 Å². The molecule has 0 atom stereocenters. The number of hydrogen-bond donors (Lipinski definition) is 1. The summed E-state index contributed by atoms with van der Waals surface area (Å²) in [5, 5.41) is 12.5. The highest BCUT2D eigenvalue weighted by Crippen LogP contribution is 2.30. The fourth-order valence-corrected chi connectivity index (χ4v) is 4.46. The van der Waals surface area contributed by atoms with Crippen LogP contribution in [0.1, 0.15) is 27.0 Å². The molecule has 4 rings (SSSR count). The number of para-hydroxylation sites is 1. The van der Waals surface area contributed by atoms with E-state index in [1.165, 1.54) is 34.5 Å². The zero-order chi connectivity index (χ0) is 23.7. The number of fused-ring (bicyclic) bond motifs is 1. The van der Waals surface area contributed by atoms with Crippen molar-refractivity contribution in [2.75, 3.05) is 0 Å². The first-order valence-electron chi connectivity index (χ1n) is 10.1. The van der Waals surface area contributed by atoms with Crippen molar-refractivity contribution in [1.29, 1.82) is 0 Å². The molecule has 33 heavy (non-hydrogen) atoms.